The number of allylic oxidation sites excluding steroid dienone is 1. The predicted octanol–water partition coefficient (Wildman–Crippen LogP) is 9.09. The van der Waals surface area contributed by atoms with Crippen molar-refractivity contribution in [3.05, 3.63) is 124 Å². The fourth-order valence-corrected chi connectivity index (χ4v) is 6.59. The molecule has 0 atom stereocenters. The summed E-state index contributed by atoms with van der Waals surface area (Å²) in [4.78, 5) is 27.7. The van der Waals surface area contributed by atoms with E-state index in [0.717, 1.165) is 71.9 Å². The van der Waals surface area contributed by atoms with Crippen LogP contribution in [0.25, 0.3) is 10.8 Å². The Morgan fingerprint density at radius 1 is 0.843 bits per heavy atom. The lowest BCUT2D eigenvalue weighted by atomic mass is 9.78. The van der Waals surface area contributed by atoms with E-state index >= 15 is 0 Å². The van der Waals surface area contributed by atoms with Gasteiger partial charge in [0, 0.05) is 43.4 Å². The van der Waals surface area contributed by atoms with E-state index in [1.165, 1.54) is 11.8 Å². The molecule has 7 nitrogen and oxygen atoms in total. The Bertz CT molecular complexity index is 1930. The lowest BCUT2D eigenvalue weighted by Gasteiger charge is -2.28. The van der Waals surface area contributed by atoms with E-state index in [1.54, 1.807) is 18.4 Å². The van der Waals surface area contributed by atoms with Crippen LogP contribution in [-0.4, -0.2) is 52.1 Å². The van der Waals surface area contributed by atoms with Crippen molar-refractivity contribution in [2.75, 3.05) is 38.8 Å². The highest BCUT2D eigenvalue weighted by Gasteiger charge is 2.23. The highest BCUT2D eigenvalue weighted by atomic mass is 16.5. The molecule has 0 unspecified atom stereocenters. The molecule has 0 saturated heterocycles. The molecule has 0 amide bonds. The van der Waals surface area contributed by atoms with Crippen molar-refractivity contribution in [1.82, 2.24) is 0 Å². The van der Waals surface area contributed by atoms with Gasteiger partial charge in [0.05, 0.1) is 42.9 Å². The van der Waals surface area contributed by atoms with Gasteiger partial charge in [-0.05, 0) is 109 Å². The maximum Gasteiger partial charge on any atom is 0.340 e. The van der Waals surface area contributed by atoms with Gasteiger partial charge in [0.1, 0.15) is 0 Å². The molecule has 51 heavy (non-hydrogen) atoms. The van der Waals surface area contributed by atoms with E-state index < -0.39 is 5.97 Å². The topological polar surface area (TPSA) is 88.9 Å². The number of esters is 2. The molecular weight excluding hydrogens is 636 g/mol. The number of nitrogens with one attached hydrogen (secondary N) is 1. The van der Waals surface area contributed by atoms with Crippen LogP contribution >= 0.6 is 0 Å². The van der Waals surface area contributed by atoms with Crippen LogP contribution in [0, 0.1) is 23.2 Å². The standard InChI is InChI=1S/C44H48N2O5/c1-5-24-49-30-34-13-16-35(17-14-34)36-18-20-38-37(28-36)19-21-39(41(38)29-45)43(47)51-26-23-32-9-7-31(8-10-32)11-12-33-15-22-42(46(3)4)40(27-33)44(48)50-25-6-2/h5,7-10,15,18-22,24,27-29,34-35,45H,6,13-14,16-17,23,25-26,30H2,1-4H3/b24-5+,45-29?. The Kier molecular flexibility index (Phi) is 13.1. The first-order valence-electron chi connectivity index (χ1n) is 17.9. The first-order chi connectivity index (χ1) is 24.8. The fourth-order valence-electron chi connectivity index (χ4n) is 6.59. The monoisotopic (exact) mass is 684 g/mol. The van der Waals surface area contributed by atoms with E-state index in [9.17, 15) is 9.59 Å². The van der Waals surface area contributed by atoms with Crippen LogP contribution in [0.2, 0.25) is 0 Å². The normalized spacial score (nSPS) is 15.5. The highest BCUT2D eigenvalue weighted by molar-refractivity contribution is 6.09. The minimum Gasteiger partial charge on any atom is -0.501 e. The molecule has 0 bridgehead atoms. The number of ether oxygens (including phenoxy) is 3. The van der Waals surface area contributed by atoms with Gasteiger partial charge in [-0.2, -0.15) is 0 Å². The lowest BCUT2D eigenvalue weighted by Crippen LogP contribution is -2.17. The second-order valence-electron chi connectivity index (χ2n) is 13.3. The van der Waals surface area contributed by atoms with Crippen molar-refractivity contribution in [2.24, 2.45) is 5.92 Å². The summed E-state index contributed by atoms with van der Waals surface area (Å²) in [6, 6.07) is 23.5. The van der Waals surface area contributed by atoms with E-state index in [-0.39, 0.29) is 12.6 Å². The molecule has 1 aliphatic carbocycles. The smallest absolute Gasteiger partial charge is 0.340 e. The average molecular weight is 685 g/mol. The summed E-state index contributed by atoms with van der Waals surface area (Å²) in [7, 11) is 3.78. The van der Waals surface area contributed by atoms with Crippen molar-refractivity contribution >= 4 is 34.6 Å². The van der Waals surface area contributed by atoms with Crippen LogP contribution in [0.1, 0.15) is 100 Å². The van der Waals surface area contributed by atoms with Crippen LogP contribution in [0.4, 0.5) is 5.69 Å². The quantitative estimate of drug-likeness (QED) is 0.0654. The van der Waals surface area contributed by atoms with Gasteiger partial charge >= 0.3 is 11.9 Å². The molecule has 0 radical (unpaired) electrons. The third-order valence-electron chi connectivity index (χ3n) is 9.40. The predicted molar refractivity (Wildman–Crippen MR) is 205 cm³/mol. The van der Waals surface area contributed by atoms with Gasteiger partial charge in [0.15, 0.2) is 0 Å². The largest absolute Gasteiger partial charge is 0.501 e. The zero-order valence-electron chi connectivity index (χ0n) is 30.2. The number of carbonyl (C=O) groups excluding carboxylic acids is 2. The minimum absolute atomic E-state index is 0.218. The van der Waals surface area contributed by atoms with Crippen molar-refractivity contribution in [2.45, 2.75) is 58.3 Å². The third-order valence-corrected chi connectivity index (χ3v) is 9.40. The van der Waals surface area contributed by atoms with Crippen molar-refractivity contribution in [3.63, 3.8) is 0 Å². The fraction of sp³-hybridized carbons (Fsp3) is 0.341. The molecule has 0 aliphatic heterocycles. The van der Waals surface area contributed by atoms with E-state index in [1.807, 2.05) is 87.4 Å². The van der Waals surface area contributed by atoms with Crippen LogP contribution in [0.15, 0.2) is 85.1 Å². The van der Waals surface area contributed by atoms with Gasteiger partial charge in [-0.15, -0.1) is 0 Å². The molecule has 0 spiro atoms. The molecular formula is C44H48N2O5. The summed E-state index contributed by atoms with van der Waals surface area (Å²) in [5, 5.41) is 10.0. The molecule has 1 fully saturated rings. The zero-order chi connectivity index (χ0) is 36.2. The number of anilines is 1. The Morgan fingerprint density at radius 2 is 1.55 bits per heavy atom. The Labute approximate surface area is 302 Å². The summed E-state index contributed by atoms with van der Waals surface area (Å²) >= 11 is 0. The van der Waals surface area contributed by atoms with E-state index in [2.05, 4.69) is 24.0 Å². The molecule has 4 aromatic rings. The Hall–Kier alpha value is -5.35. The average Bonchev–Trinajstić information content (AvgIpc) is 3.16. The number of carbonyl (C=O) groups is 2. The molecule has 5 rings (SSSR count). The minimum atomic E-state index is -0.432. The number of fused-ring (bicyclic) bond motifs is 1. The van der Waals surface area contributed by atoms with Crippen LogP contribution in [0.5, 0.6) is 0 Å². The van der Waals surface area contributed by atoms with Gasteiger partial charge in [0.25, 0.3) is 0 Å². The summed E-state index contributed by atoms with van der Waals surface area (Å²) in [5.41, 5.74) is 6.15. The lowest BCUT2D eigenvalue weighted by molar-refractivity contribution is 0.0498. The number of nitrogens with zero attached hydrogens (tertiary/aromatic N) is 1. The molecule has 1 N–H and O–H groups in total. The Balaban J connectivity index is 1.17. The molecule has 0 aromatic heterocycles. The third kappa shape index (κ3) is 9.67. The molecule has 1 saturated carbocycles. The highest BCUT2D eigenvalue weighted by Crippen LogP contribution is 2.37. The summed E-state index contributed by atoms with van der Waals surface area (Å²) in [6.45, 7) is 5.31. The van der Waals surface area contributed by atoms with E-state index in [4.69, 9.17) is 19.6 Å². The molecule has 0 heterocycles. The van der Waals surface area contributed by atoms with E-state index in [0.29, 0.717) is 41.6 Å². The van der Waals surface area contributed by atoms with Gasteiger partial charge in [-0.25, -0.2) is 9.59 Å². The second-order valence-corrected chi connectivity index (χ2v) is 13.3. The maximum absolute atomic E-state index is 13.2. The zero-order valence-corrected chi connectivity index (χ0v) is 30.2. The van der Waals surface area contributed by atoms with Crippen molar-refractivity contribution < 1.29 is 23.8 Å². The van der Waals surface area contributed by atoms with Crippen LogP contribution in [-0.2, 0) is 20.6 Å². The molecule has 1 aliphatic rings. The second kappa shape index (κ2) is 18.1. The number of hydrogen-bond acceptors (Lipinski definition) is 7. The summed E-state index contributed by atoms with van der Waals surface area (Å²) < 4.78 is 16.7. The van der Waals surface area contributed by atoms with Gasteiger partial charge in [0.2, 0.25) is 0 Å². The first-order valence-corrected chi connectivity index (χ1v) is 17.9. The number of rotatable bonds is 13. The Morgan fingerprint density at radius 3 is 2.25 bits per heavy atom. The maximum atomic E-state index is 13.2. The van der Waals surface area contributed by atoms with Crippen molar-refractivity contribution in [3.8, 4) is 11.8 Å². The molecule has 4 aromatic carbocycles. The molecule has 7 heteroatoms. The van der Waals surface area contributed by atoms with Crippen LogP contribution < -0.4 is 4.90 Å². The SMILES string of the molecule is C/C=C/OCC1CCC(c2ccc3c(C=N)c(C(=O)OCCc4ccc(C#Cc5ccc(N(C)C)c(C(=O)OCCC)c5)cc4)ccc3c2)CC1. The number of benzene rings is 4. The van der Waals surface area contributed by atoms with Crippen LogP contribution in [0.3, 0.4) is 0 Å². The van der Waals surface area contributed by atoms with Crippen molar-refractivity contribution in [1.29, 1.82) is 5.41 Å². The summed E-state index contributed by atoms with van der Waals surface area (Å²) in [6.07, 6.45) is 10.8. The number of hydrogen-bond donors (Lipinski definition) is 1. The summed E-state index contributed by atoms with van der Waals surface area (Å²) in [5.74, 6) is 6.66. The van der Waals surface area contributed by atoms with Gasteiger partial charge in [-0.3, -0.25) is 0 Å². The van der Waals surface area contributed by atoms with Gasteiger partial charge < -0.3 is 24.5 Å². The van der Waals surface area contributed by atoms with Gasteiger partial charge in [-0.1, -0.05) is 61.2 Å². The first kappa shape index (κ1) is 36.9. The molecule has 264 valence electrons.